The number of benzene rings is 1. The van der Waals surface area contributed by atoms with Gasteiger partial charge in [-0.15, -0.1) is 5.10 Å². The zero-order chi connectivity index (χ0) is 20.0. The molecular formula is C18H20N5O5+. The Kier molecular flexibility index (Phi) is 5.92. The van der Waals surface area contributed by atoms with Gasteiger partial charge in [-0.25, -0.2) is 4.98 Å². The molecule has 10 heteroatoms. The van der Waals surface area contributed by atoms with Gasteiger partial charge in [-0.2, -0.15) is 9.28 Å². The molecule has 28 heavy (non-hydrogen) atoms. The van der Waals surface area contributed by atoms with Crippen molar-refractivity contribution < 1.29 is 24.0 Å². The third kappa shape index (κ3) is 4.67. The Morgan fingerprint density at radius 3 is 2.79 bits per heavy atom. The van der Waals surface area contributed by atoms with E-state index in [-0.39, 0.29) is 23.3 Å². The van der Waals surface area contributed by atoms with Gasteiger partial charge in [-0.05, 0) is 29.8 Å². The van der Waals surface area contributed by atoms with Crippen LogP contribution < -0.4 is 5.43 Å². The van der Waals surface area contributed by atoms with Crippen LogP contribution in [0.25, 0.3) is 0 Å². The minimum absolute atomic E-state index is 0.0333. The monoisotopic (exact) mass is 386 g/mol. The molecule has 1 fully saturated rings. The fourth-order valence-corrected chi connectivity index (χ4v) is 2.88. The second-order valence-corrected chi connectivity index (χ2v) is 6.43. The number of rotatable bonds is 6. The third-order valence-electron chi connectivity index (χ3n) is 4.39. The number of aliphatic hydroxyl groups excluding tert-OH is 1. The first kappa shape index (κ1) is 19.4. The van der Waals surface area contributed by atoms with Crippen LogP contribution in [0, 0.1) is 10.1 Å². The van der Waals surface area contributed by atoms with Gasteiger partial charge in [-0.3, -0.25) is 15.5 Å². The zero-order valence-electron chi connectivity index (χ0n) is 15.0. The van der Waals surface area contributed by atoms with Crippen molar-refractivity contribution in [2.24, 2.45) is 5.10 Å². The molecule has 0 bridgehead atoms. The quantitative estimate of drug-likeness (QED) is 0.256. The average Bonchev–Trinajstić information content (AvgIpc) is 3.09. The molecule has 3 rings (SSSR count). The number of likely N-dealkylation sites (tertiary alicyclic amines) is 1. The largest absolute Gasteiger partial charge is 0.522 e. The van der Waals surface area contributed by atoms with Crippen molar-refractivity contribution in [1.82, 2.24) is 4.98 Å². The van der Waals surface area contributed by atoms with E-state index in [9.17, 15) is 20.0 Å². The Bertz CT molecular complexity index is 858. The number of non-ortho nitro benzene ring substituents is 1. The van der Waals surface area contributed by atoms with Crippen LogP contribution in [0.3, 0.4) is 0 Å². The van der Waals surface area contributed by atoms with Crippen LogP contribution in [0.4, 0.5) is 16.3 Å². The lowest BCUT2D eigenvalue weighted by Crippen LogP contribution is -2.50. The smallest absolute Gasteiger partial charge is 0.415 e. The highest BCUT2D eigenvalue weighted by molar-refractivity contribution is 5.71. The maximum absolute atomic E-state index is 12.7. The van der Waals surface area contributed by atoms with Crippen molar-refractivity contribution in [2.75, 3.05) is 18.5 Å². The Hall–Kier alpha value is -3.37. The number of hydrazone groups is 1. The second kappa shape index (κ2) is 8.55. The number of anilines is 1. The average molecular weight is 386 g/mol. The van der Waals surface area contributed by atoms with Crippen molar-refractivity contribution in [3.8, 4) is 0 Å². The lowest BCUT2D eigenvalue weighted by atomic mass is 10.2. The molecule has 0 spiro atoms. The summed E-state index contributed by atoms with van der Waals surface area (Å²) in [6.07, 6.45) is 2.28. The van der Waals surface area contributed by atoms with E-state index in [2.05, 4.69) is 15.5 Å². The van der Waals surface area contributed by atoms with Crippen molar-refractivity contribution in [1.29, 1.82) is 0 Å². The molecule has 10 nitrogen and oxygen atoms in total. The molecule has 2 N–H and O–H groups in total. The van der Waals surface area contributed by atoms with E-state index in [4.69, 9.17) is 4.74 Å². The minimum Gasteiger partial charge on any atom is -0.415 e. The van der Waals surface area contributed by atoms with E-state index in [0.717, 1.165) is 0 Å². The van der Waals surface area contributed by atoms with Gasteiger partial charge in [0.25, 0.3) is 5.69 Å². The number of hydrogen-bond acceptors (Lipinski definition) is 8. The molecule has 2 atom stereocenters. The molecular weight excluding hydrogens is 366 g/mol. The number of hydrogen-bond donors (Lipinski definition) is 2. The highest BCUT2D eigenvalue weighted by Crippen LogP contribution is 2.21. The number of aromatic nitrogens is 1. The van der Waals surface area contributed by atoms with Crippen LogP contribution in [0.1, 0.15) is 12.0 Å². The summed E-state index contributed by atoms with van der Waals surface area (Å²) >= 11 is 0. The first-order valence-corrected chi connectivity index (χ1v) is 8.65. The maximum Gasteiger partial charge on any atom is 0.522 e. The van der Waals surface area contributed by atoms with Crippen LogP contribution in [0.5, 0.6) is 0 Å². The Morgan fingerprint density at radius 1 is 1.39 bits per heavy atom. The van der Waals surface area contributed by atoms with Gasteiger partial charge in [0.05, 0.1) is 11.5 Å². The van der Waals surface area contributed by atoms with E-state index >= 15 is 0 Å². The summed E-state index contributed by atoms with van der Waals surface area (Å²) < 4.78 is 5.13. The van der Waals surface area contributed by atoms with Gasteiger partial charge in [0.15, 0.2) is 0 Å². The fourth-order valence-electron chi connectivity index (χ4n) is 2.88. The predicted molar refractivity (Wildman–Crippen MR) is 100 cm³/mol. The minimum atomic E-state index is -0.631. The molecule has 1 aromatic heterocycles. The summed E-state index contributed by atoms with van der Waals surface area (Å²) in [5, 5.41) is 24.7. The molecule has 1 unspecified atom stereocenters. The number of aliphatic hydroxyl groups is 1. The standard InChI is InChI=1S/C18H20N5O5/c24-16-8-10-23(11-16,13-20-21-17-3-1-2-9-19-17)18(25)28-12-14-4-6-15(7-5-14)22(26)27/h1-7,9,13,16,24H,8,10-12H2,(H,19,21)/q+1/t16-,23?/m1/s1. The normalized spacial score (nSPS) is 21.5. The Balaban J connectivity index is 1.65. The lowest BCUT2D eigenvalue weighted by Gasteiger charge is -2.24. The summed E-state index contributed by atoms with van der Waals surface area (Å²) in [5.74, 6) is 0.524. The topological polar surface area (TPSA) is 127 Å². The number of nitro benzene ring substituents is 1. The summed E-state index contributed by atoms with van der Waals surface area (Å²) in [5.41, 5.74) is 3.34. The van der Waals surface area contributed by atoms with Crippen LogP contribution in [-0.2, 0) is 11.3 Å². The first-order valence-electron chi connectivity index (χ1n) is 8.65. The SMILES string of the molecule is O=C(OCc1ccc([N+](=O)[O-])cc1)[N+]1(C=NNc2ccccn2)CC[C@@H](O)C1. The van der Waals surface area contributed by atoms with E-state index in [1.807, 2.05) is 0 Å². The van der Waals surface area contributed by atoms with E-state index in [1.165, 1.54) is 30.6 Å². The predicted octanol–water partition coefficient (Wildman–Crippen LogP) is 2.26. The molecule has 0 radical (unpaired) electrons. The Labute approximate surface area is 160 Å². The molecule has 2 heterocycles. The van der Waals surface area contributed by atoms with Gasteiger partial charge >= 0.3 is 6.09 Å². The molecule has 1 aromatic carbocycles. The molecule has 1 aliphatic rings. The van der Waals surface area contributed by atoms with Gasteiger partial charge in [0, 0.05) is 24.8 Å². The number of nitro groups is 1. The molecule has 0 aliphatic carbocycles. The summed E-state index contributed by atoms with van der Waals surface area (Å²) in [6, 6.07) is 11.1. The van der Waals surface area contributed by atoms with E-state index in [1.54, 1.807) is 24.4 Å². The summed E-state index contributed by atoms with van der Waals surface area (Å²) in [6.45, 7) is 0.481. The summed E-state index contributed by atoms with van der Waals surface area (Å²) in [4.78, 5) is 27.0. The van der Waals surface area contributed by atoms with Crippen LogP contribution >= 0.6 is 0 Å². The molecule has 0 saturated carbocycles. The fraction of sp³-hybridized carbons (Fsp3) is 0.278. The number of nitrogens with one attached hydrogen (secondary N) is 1. The van der Waals surface area contributed by atoms with Crippen LogP contribution in [0.2, 0.25) is 0 Å². The van der Waals surface area contributed by atoms with Crippen molar-refractivity contribution in [3.05, 3.63) is 64.3 Å². The van der Waals surface area contributed by atoms with Gasteiger partial charge < -0.3 is 9.84 Å². The van der Waals surface area contributed by atoms with Crippen molar-refractivity contribution in [3.63, 3.8) is 0 Å². The van der Waals surface area contributed by atoms with Gasteiger partial charge in [0.1, 0.15) is 25.1 Å². The number of quaternary nitrogens is 1. The third-order valence-corrected chi connectivity index (χ3v) is 4.39. The maximum atomic E-state index is 12.7. The summed E-state index contributed by atoms with van der Waals surface area (Å²) in [7, 11) is 0. The Morgan fingerprint density at radius 2 is 2.18 bits per heavy atom. The zero-order valence-corrected chi connectivity index (χ0v) is 15.0. The van der Waals surface area contributed by atoms with E-state index in [0.29, 0.717) is 24.3 Å². The first-order chi connectivity index (χ1) is 13.5. The number of ether oxygens (including phenoxy) is 1. The van der Waals surface area contributed by atoms with Crippen molar-refractivity contribution in [2.45, 2.75) is 19.1 Å². The number of carbonyl (C=O) groups excluding carboxylic acids is 1. The molecule has 1 saturated heterocycles. The molecule has 146 valence electrons. The number of pyridine rings is 1. The van der Waals surface area contributed by atoms with Crippen LogP contribution in [0.15, 0.2) is 53.8 Å². The molecule has 2 aromatic rings. The van der Waals surface area contributed by atoms with Crippen LogP contribution in [-0.4, -0.2) is 51.1 Å². The second-order valence-electron chi connectivity index (χ2n) is 6.43. The highest BCUT2D eigenvalue weighted by Gasteiger charge is 2.45. The van der Waals surface area contributed by atoms with Crippen molar-refractivity contribution >= 4 is 23.9 Å². The molecule has 1 amide bonds. The van der Waals surface area contributed by atoms with Gasteiger partial charge in [0.2, 0.25) is 6.34 Å². The van der Waals surface area contributed by atoms with Gasteiger partial charge in [-0.1, -0.05) is 6.07 Å². The highest BCUT2D eigenvalue weighted by atomic mass is 16.6. The molecule has 1 aliphatic heterocycles. The number of amides is 1. The lowest BCUT2D eigenvalue weighted by molar-refractivity contribution is -0.748. The number of carbonyl (C=O) groups is 1. The number of nitrogens with zero attached hydrogens (tertiary/aromatic N) is 4. The van der Waals surface area contributed by atoms with E-state index < -0.39 is 17.1 Å².